The van der Waals surface area contributed by atoms with E-state index in [1.54, 1.807) is 0 Å². The highest BCUT2D eigenvalue weighted by Gasteiger charge is 2.20. The van der Waals surface area contributed by atoms with Gasteiger partial charge in [-0.1, -0.05) is 29.8 Å². The Hall–Kier alpha value is -2.08. The first kappa shape index (κ1) is 20.2. The summed E-state index contributed by atoms with van der Waals surface area (Å²) in [7, 11) is 0. The molecule has 3 rings (SSSR count). The molecule has 0 aromatic heterocycles. The maximum absolute atomic E-state index is 12.4. The average molecular weight is 376 g/mol. The van der Waals surface area contributed by atoms with Gasteiger partial charge in [-0.2, -0.15) is 0 Å². The van der Waals surface area contributed by atoms with Crippen LogP contribution in [-0.2, 0) is 4.79 Å². The van der Waals surface area contributed by atoms with Crippen LogP contribution in [0.25, 0.3) is 0 Å². The number of carbonyl (C=O) groups is 1. The number of anilines is 1. The topological polar surface area (TPSA) is 53.6 Å². The number of nitrogens with zero attached hydrogens (tertiary/aromatic N) is 1. The summed E-state index contributed by atoms with van der Waals surface area (Å²) in [4.78, 5) is 14.6. The van der Waals surface area contributed by atoms with E-state index in [2.05, 4.69) is 22.5 Å². The number of para-hydroxylation sites is 2. The predicted octanol–water partition coefficient (Wildman–Crippen LogP) is 3.44. The number of halogens is 1. The largest absolute Gasteiger partial charge is 0.455 e. The number of ether oxygens (including phenoxy) is 1. The Morgan fingerprint density at radius 2 is 1.96 bits per heavy atom. The maximum Gasteiger partial charge on any atom is 0.238 e. The van der Waals surface area contributed by atoms with E-state index in [9.17, 15) is 4.79 Å². The molecular weight excluding hydrogens is 350 g/mol. The van der Waals surface area contributed by atoms with Crippen molar-refractivity contribution in [3.05, 3.63) is 54.1 Å². The third-order valence-corrected chi connectivity index (χ3v) is 4.40. The van der Waals surface area contributed by atoms with Gasteiger partial charge in [0.15, 0.2) is 5.75 Å². The van der Waals surface area contributed by atoms with Gasteiger partial charge in [0, 0.05) is 25.7 Å². The van der Waals surface area contributed by atoms with E-state index in [1.165, 1.54) is 5.56 Å². The van der Waals surface area contributed by atoms with Crippen LogP contribution in [0.5, 0.6) is 11.5 Å². The summed E-state index contributed by atoms with van der Waals surface area (Å²) in [5.74, 6) is 1.38. The number of nitrogens with one attached hydrogen (secondary N) is 2. The number of hydrogen-bond acceptors (Lipinski definition) is 4. The minimum Gasteiger partial charge on any atom is -0.455 e. The van der Waals surface area contributed by atoms with E-state index in [1.807, 2.05) is 55.5 Å². The molecule has 2 aromatic rings. The van der Waals surface area contributed by atoms with Gasteiger partial charge in [0.1, 0.15) is 5.75 Å². The molecule has 1 aliphatic heterocycles. The third kappa shape index (κ3) is 5.46. The molecule has 0 radical (unpaired) electrons. The summed E-state index contributed by atoms with van der Waals surface area (Å²) in [6.07, 6.45) is 0. The molecule has 1 heterocycles. The molecule has 6 heteroatoms. The van der Waals surface area contributed by atoms with Crippen LogP contribution in [0.4, 0.5) is 5.69 Å². The second-order valence-corrected chi connectivity index (χ2v) is 6.48. The molecule has 1 saturated heterocycles. The van der Waals surface area contributed by atoms with E-state index in [0.29, 0.717) is 24.0 Å². The first-order chi connectivity index (χ1) is 12.1. The minimum atomic E-state index is -0.0197. The average Bonchev–Trinajstić information content (AvgIpc) is 2.61. The van der Waals surface area contributed by atoms with Gasteiger partial charge in [-0.3, -0.25) is 9.69 Å². The molecule has 0 bridgehead atoms. The number of rotatable bonds is 5. The Morgan fingerprint density at radius 3 is 2.69 bits per heavy atom. The molecule has 0 saturated carbocycles. The highest BCUT2D eigenvalue weighted by atomic mass is 35.5. The van der Waals surface area contributed by atoms with E-state index in [0.717, 1.165) is 25.4 Å². The summed E-state index contributed by atoms with van der Waals surface area (Å²) in [5, 5.41) is 6.32. The molecule has 5 nitrogen and oxygen atoms in total. The number of amides is 1. The Balaban J connectivity index is 0.00000243. The van der Waals surface area contributed by atoms with E-state index < -0.39 is 0 Å². The normalized spacial score (nSPS) is 17.2. The van der Waals surface area contributed by atoms with E-state index >= 15 is 0 Å². The highest BCUT2D eigenvalue weighted by Crippen LogP contribution is 2.29. The lowest BCUT2D eigenvalue weighted by Gasteiger charge is -2.33. The molecule has 140 valence electrons. The lowest BCUT2D eigenvalue weighted by molar-refractivity contribution is -0.118. The fourth-order valence-corrected chi connectivity index (χ4v) is 2.88. The molecule has 1 aliphatic rings. The molecule has 1 fully saturated rings. The Labute approximate surface area is 161 Å². The summed E-state index contributed by atoms with van der Waals surface area (Å²) < 4.78 is 5.94. The van der Waals surface area contributed by atoms with Gasteiger partial charge in [0.05, 0.1) is 12.2 Å². The summed E-state index contributed by atoms with van der Waals surface area (Å²) in [5.41, 5.74) is 1.87. The standard InChI is InChI=1S/C20H25N3O2.ClH/c1-15-7-9-17(10-8-15)25-19-6-4-3-5-18(19)22-20(24)14-23-12-11-21-13-16(23)2;/h3-10,16,21H,11-14H2,1-2H3,(H,22,24);1H/t16-;/m0./s1. The zero-order chi connectivity index (χ0) is 17.6. The summed E-state index contributed by atoms with van der Waals surface area (Å²) in [6.45, 7) is 7.28. The monoisotopic (exact) mass is 375 g/mol. The molecule has 0 spiro atoms. The van der Waals surface area contributed by atoms with Gasteiger partial charge < -0.3 is 15.4 Å². The highest BCUT2D eigenvalue weighted by molar-refractivity contribution is 5.93. The molecule has 2 N–H and O–H groups in total. The van der Waals surface area contributed by atoms with Crippen molar-refractivity contribution in [1.82, 2.24) is 10.2 Å². The third-order valence-electron chi connectivity index (χ3n) is 4.40. The molecule has 1 atom stereocenters. The van der Waals surface area contributed by atoms with E-state index in [4.69, 9.17) is 4.74 Å². The number of benzene rings is 2. The number of piperazine rings is 1. The van der Waals surface area contributed by atoms with Crippen molar-refractivity contribution in [3.8, 4) is 11.5 Å². The SMILES string of the molecule is Cc1ccc(Oc2ccccc2NC(=O)CN2CCNC[C@@H]2C)cc1.Cl. The smallest absolute Gasteiger partial charge is 0.238 e. The minimum absolute atomic E-state index is 0. The summed E-state index contributed by atoms with van der Waals surface area (Å²) >= 11 is 0. The van der Waals surface area contributed by atoms with Gasteiger partial charge in [0.25, 0.3) is 0 Å². The lowest BCUT2D eigenvalue weighted by Crippen LogP contribution is -2.51. The van der Waals surface area contributed by atoms with Crippen LogP contribution in [0.1, 0.15) is 12.5 Å². The molecule has 0 aliphatic carbocycles. The van der Waals surface area contributed by atoms with Crippen LogP contribution < -0.4 is 15.4 Å². The zero-order valence-corrected chi connectivity index (χ0v) is 16.0. The van der Waals surface area contributed by atoms with E-state index in [-0.39, 0.29) is 18.3 Å². The molecule has 2 aromatic carbocycles. The van der Waals surface area contributed by atoms with Crippen LogP contribution in [-0.4, -0.2) is 43.0 Å². The van der Waals surface area contributed by atoms with Crippen LogP contribution in [0.3, 0.4) is 0 Å². The van der Waals surface area contributed by atoms with Crippen molar-refractivity contribution in [1.29, 1.82) is 0 Å². The number of carbonyl (C=O) groups excluding carboxylic acids is 1. The maximum atomic E-state index is 12.4. The molecular formula is C20H26ClN3O2. The predicted molar refractivity (Wildman–Crippen MR) is 107 cm³/mol. The van der Waals surface area contributed by atoms with Crippen LogP contribution in [0, 0.1) is 6.92 Å². The van der Waals surface area contributed by atoms with Crippen molar-refractivity contribution >= 4 is 24.0 Å². The molecule has 1 amide bonds. The number of hydrogen-bond donors (Lipinski definition) is 2. The lowest BCUT2D eigenvalue weighted by atomic mass is 10.2. The van der Waals surface area contributed by atoms with Gasteiger partial charge in [-0.25, -0.2) is 0 Å². The molecule has 26 heavy (non-hydrogen) atoms. The fourth-order valence-electron chi connectivity index (χ4n) is 2.88. The van der Waals surface area contributed by atoms with Crippen molar-refractivity contribution in [2.75, 3.05) is 31.5 Å². The Morgan fingerprint density at radius 1 is 1.23 bits per heavy atom. The Bertz CT molecular complexity index is 721. The zero-order valence-electron chi connectivity index (χ0n) is 15.2. The van der Waals surface area contributed by atoms with Gasteiger partial charge in [0.2, 0.25) is 5.91 Å². The second-order valence-electron chi connectivity index (χ2n) is 6.48. The van der Waals surface area contributed by atoms with Gasteiger partial charge in [-0.15, -0.1) is 12.4 Å². The van der Waals surface area contributed by atoms with Crippen LogP contribution in [0.15, 0.2) is 48.5 Å². The quantitative estimate of drug-likeness (QED) is 0.840. The van der Waals surface area contributed by atoms with Crippen molar-refractivity contribution in [2.24, 2.45) is 0 Å². The first-order valence-corrected chi connectivity index (χ1v) is 8.70. The second kappa shape index (κ2) is 9.57. The van der Waals surface area contributed by atoms with Gasteiger partial charge >= 0.3 is 0 Å². The number of aryl methyl sites for hydroxylation is 1. The fraction of sp³-hybridized carbons (Fsp3) is 0.350. The van der Waals surface area contributed by atoms with Crippen molar-refractivity contribution < 1.29 is 9.53 Å². The van der Waals surface area contributed by atoms with Crippen molar-refractivity contribution in [2.45, 2.75) is 19.9 Å². The van der Waals surface area contributed by atoms with Gasteiger partial charge in [-0.05, 0) is 38.1 Å². The Kier molecular flexibility index (Phi) is 7.45. The van der Waals surface area contributed by atoms with Crippen LogP contribution >= 0.6 is 12.4 Å². The summed E-state index contributed by atoms with van der Waals surface area (Å²) in [6, 6.07) is 15.7. The van der Waals surface area contributed by atoms with Crippen molar-refractivity contribution in [3.63, 3.8) is 0 Å². The molecule has 0 unspecified atom stereocenters. The van der Waals surface area contributed by atoms with Crippen LogP contribution in [0.2, 0.25) is 0 Å². The first-order valence-electron chi connectivity index (χ1n) is 8.70.